The first-order valence-electron chi connectivity index (χ1n) is 6.89. The van der Waals surface area contributed by atoms with Crippen molar-refractivity contribution in [2.24, 2.45) is 0 Å². The number of hydrogen-bond acceptors (Lipinski definition) is 5. The topological polar surface area (TPSA) is 84.5 Å². The van der Waals surface area contributed by atoms with Crippen molar-refractivity contribution >= 4 is 15.8 Å². The van der Waals surface area contributed by atoms with Crippen molar-refractivity contribution in [3.05, 3.63) is 6.20 Å². The smallest absolute Gasteiger partial charge is 0.248 e. The second-order valence-electron chi connectivity index (χ2n) is 5.33. The van der Waals surface area contributed by atoms with E-state index < -0.39 is 10.0 Å². The summed E-state index contributed by atoms with van der Waals surface area (Å²) < 4.78 is 28.4. The van der Waals surface area contributed by atoms with Gasteiger partial charge in [0, 0.05) is 38.4 Å². The Kier molecular flexibility index (Phi) is 4.36. The van der Waals surface area contributed by atoms with Gasteiger partial charge < -0.3 is 10.6 Å². The highest BCUT2D eigenvalue weighted by atomic mass is 32.2. The van der Waals surface area contributed by atoms with Crippen LogP contribution in [0.1, 0.15) is 20.3 Å². The van der Waals surface area contributed by atoms with Crippen LogP contribution in [0, 0.1) is 0 Å². The number of nitrogens with zero attached hydrogens (tertiary/aromatic N) is 4. The molecule has 2 N–H and O–H groups in total. The number of aromatic nitrogens is 2. The lowest BCUT2D eigenvalue weighted by atomic mass is 10.2. The van der Waals surface area contributed by atoms with Gasteiger partial charge in [-0.25, -0.2) is 8.42 Å². The van der Waals surface area contributed by atoms with Crippen LogP contribution in [-0.2, 0) is 16.6 Å². The van der Waals surface area contributed by atoms with Crippen LogP contribution in [0.25, 0.3) is 0 Å². The van der Waals surface area contributed by atoms with Crippen molar-refractivity contribution in [2.75, 3.05) is 32.4 Å². The molecule has 1 atom stereocenters. The summed E-state index contributed by atoms with van der Waals surface area (Å²) in [6.07, 6.45) is 2.42. The van der Waals surface area contributed by atoms with E-state index in [-0.39, 0.29) is 16.8 Å². The summed E-state index contributed by atoms with van der Waals surface area (Å²) in [6.45, 7) is 6.39. The van der Waals surface area contributed by atoms with Crippen LogP contribution in [0.3, 0.4) is 0 Å². The zero-order valence-corrected chi connectivity index (χ0v) is 13.1. The van der Waals surface area contributed by atoms with Crippen molar-refractivity contribution in [1.82, 2.24) is 19.0 Å². The van der Waals surface area contributed by atoms with Crippen molar-refractivity contribution in [1.29, 1.82) is 0 Å². The molecule has 20 heavy (non-hydrogen) atoms. The Morgan fingerprint density at radius 3 is 2.75 bits per heavy atom. The third kappa shape index (κ3) is 2.82. The molecule has 2 heterocycles. The number of anilines is 1. The highest BCUT2D eigenvalue weighted by Crippen LogP contribution is 2.23. The summed E-state index contributed by atoms with van der Waals surface area (Å²) in [4.78, 5) is 2.28. The molecule has 7 nitrogen and oxygen atoms in total. The predicted octanol–water partition coefficient (Wildman–Crippen LogP) is 0.200. The molecule has 1 aromatic heterocycles. The Bertz CT molecular complexity index is 568. The third-order valence-electron chi connectivity index (χ3n) is 3.75. The second-order valence-corrected chi connectivity index (χ2v) is 7.24. The number of sulfonamides is 1. The Morgan fingerprint density at radius 1 is 1.45 bits per heavy atom. The van der Waals surface area contributed by atoms with Crippen LogP contribution >= 0.6 is 0 Å². The summed E-state index contributed by atoms with van der Waals surface area (Å²) >= 11 is 0. The van der Waals surface area contributed by atoms with Crippen molar-refractivity contribution in [3.8, 4) is 0 Å². The molecule has 0 radical (unpaired) electrons. The quantitative estimate of drug-likeness (QED) is 0.859. The summed E-state index contributed by atoms with van der Waals surface area (Å²) in [5, 5.41) is 4.07. The molecule has 0 amide bonds. The van der Waals surface area contributed by atoms with Crippen LogP contribution in [0.4, 0.5) is 5.82 Å². The van der Waals surface area contributed by atoms with Crippen LogP contribution in [0.5, 0.6) is 0 Å². The minimum atomic E-state index is -3.55. The highest BCUT2D eigenvalue weighted by Gasteiger charge is 2.33. The van der Waals surface area contributed by atoms with Crippen LogP contribution in [0.2, 0.25) is 0 Å². The van der Waals surface area contributed by atoms with Gasteiger partial charge in [-0.2, -0.15) is 9.40 Å². The summed E-state index contributed by atoms with van der Waals surface area (Å²) in [5.74, 6) is 0.0880. The van der Waals surface area contributed by atoms with E-state index in [0.717, 1.165) is 13.0 Å². The normalized spacial score (nSPS) is 22.2. The molecule has 1 unspecified atom stereocenters. The number of piperazine rings is 1. The molecule has 1 aromatic rings. The molecule has 0 aromatic carbocycles. The van der Waals surface area contributed by atoms with E-state index in [1.54, 1.807) is 4.68 Å². The first-order chi connectivity index (χ1) is 9.36. The van der Waals surface area contributed by atoms with Crippen LogP contribution < -0.4 is 5.73 Å². The van der Waals surface area contributed by atoms with Gasteiger partial charge in [-0.3, -0.25) is 4.68 Å². The molecule has 0 aliphatic carbocycles. The Morgan fingerprint density at radius 2 is 2.15 bits per heavy atom. The molecule has 1 aliphatic rings. The van der Waals surface area contributed by atoms with E-state index in [2.05, 4.69) is 10.00 Å². The predicted molar refractivity (Wildman–Crippen MR) is 77.8 cm³/mol. The maximum atomic E-state index is 12.7. The molecule has 2 rings (SSSR count). The van der Waals surface area contributed by atoms with Gasteiger partial charge in [-0.05, 0) is 20.4 Å². The third-order valence-corrected chi connectivity index (χ3v) is 5.63. The van der Waals surface area contributed by atoms with Crippen molar-refractivity contribution < 1.29 is 8.42 Å². The Hall–Kier alpha value is -1.12. The van der Waals surface area contributed by atoms with E-state index in [1.807, 2.05) is 20.9 Å². The lowest BCUT2D eigenvalue weighted by Crippen LogP contribution is -2.51. The number of aryl methyl sites for hydroxylation is 1. The first kappa shape index (κ1) is 15.3. The Balaban J connectivity index is 2.26. The van der Waals surface area contributed by atoms with E-state index in [4.69, 9.17) is 5.73 Å². The monoisotopic (exact) mass is 301 g/mol. The van der Waals surface area contributed by atoms with E-state index >= 15 is 0 Å². The van der Waals surface area contributed by atoms with Crippen LogP contribution in [0.15, 0.2) is 11.1 Å². The van der Waals surface area contributed by atoms with Gasteiger partial charge in [0.25, 0.3) is 0 Å². The summed E-state index contributed by atoms with van der Waals surface area (Å²) in [5.41, 5.74) is 5.78. The highest BCUT2D eigenvalue weighted by molar-refractivity contribution is 7.89. The average Bonchev–Trinajstić information content (AvgIpc) is 2.75. The molecular formula is C12H23N5O2S. The molecule has 0 bridgehead atoms. The molecule has 0 spiro atoms. The van der Waals surface area contributed by atoms with Gasteiger partial charge in [-0.15, -0.1) is 0 Å². The lowest BCUT2D eigenvalue weighted by molar-refractivity contribution is 0.159. The summed E-state index contributed by atoms with van der Waals surface area (Å²) in [7, 11) is -1.55. The number of likely N-dealkylation sites (N-methyl/N-ethyl adjacent to an activating group) is 1. The maximum Gasteiger partial charge on any atom is 0.248 e. The molecule has 1 aliphatic heterocycles. The fourth-order valence-electron chi connectivity index (χ4n) is 2.33. The summed E-state index contributed by atoms with van der Waals surface area (Å²) in [6, 6.07) is 0.199. The average molecular weight is 301 g/mol. The molecule has 114 valence electrons. The number of hydrogen-bond donors (Lipinski definition) is 1. The standard InChI is InChI=1S/C12H23N5O2S/c1-4-5-16-9-11(12(13)14-16)20(18,19)17-7-6-15(3)10(2)8-17/h9-10H,4-8H2,1-3H3,(H2,13,14). The van der Waals surface area contributed by atoms with Gasteiger partial charge in [0.1, 0.15) is 4.90 Å². The minimum absolute atomic E-state index is 0.0880. The van der Waals surface area contributed by atoms with Crippen molar-refractivity contribution in [2.45, 2.75) is 37.8 Å². The SMILES string of the molecule is CCCn1cc(S(=O)(=O)N2CCN(C)C(C)C2)c(N)n1. The molecule has 0 saturated carbocycles. The van der Waals surface area contributed by atoms with Crippen LogP contribution in [-0.4, -0.2) is 60.1 Å². The molecule has 8 heteroatoms. The lowest BCUT2D eigenvalue weighted by Gasteiger charge is -2.36. The van der Waals surface area contributed by atoms with Gasteiger partial charge >= 0.3 is 0 Å². The number of rotatable bonds is 4. The zero-order chi connectivity index (χ0) is 14.9. The fraction of sp³-hybridized carbons (Fsp3) is 0.750. The fourth-order valence-corrected chi connectivity index (χ4v) is 3.90. The number of nitrogens with two attached hydrogens (primary N) is 1. The van der Waals surface area contributed by atoms with E-state index in [1.165, 1.54) is 10.5 Å². The van der Waals surface area contributed by atoms with Gasteiger partial charge in [0.2, 0.25) is 10.0 Å². The Labute approximate surface area is 120 Å². The van der Waals surface area contributed by atoms with Gasteiger partial charge in [0.15, 0.2) is 5.82 Å². The van der Waals surface area contributed by atoms with E-state index in [9.17, 15) is 8.42 Å². The number of nitrogen functional groups attached to an aromatic ring is 1. The first-order valence-corrected chi connectivity index (χ1v) is 8.33. The van der Waals surface area contributed by atoms with E-state index in [0.29, 0.717) is 19.6 Å². The van der Waals surface area contributed by atoms with Crippen molar-refractivity contribution in [3.63, 3.8) is 0 Å². The molecular weight excluding hydrogens is 278 g/mol. The largest absolute Gasteiger partial charge is 0.381 e. The van der Waals surface area contributed by atoms with Gasteiger partial charge in [-0.1, -0.05) is 6.92 Å². The minimum Gasteiger partial charge on any atom is -0.381 e. The second kappa shape index (κ2) is 5.71. The maximum absolute atomic E-state index is 12.7. The zero-order valence-electron chi connectivity index (χ0n) is 12.3. The molecule has 1 saturated heterocycles. The van der Waals surface area contributed by atoms with Gasteiger partial charge in [0.05, 0.1) is 0 Å². The molecule has 1 fully saturated rings.